The van der Waals surface area contributed by atoms with Crippen LogP contribution in [0, 0.1) is 5.82 Å². The number of likely N-dealkylation sites (tertiary alicyclic amines) is 1. The fourth-order valence-electron chi connectivity index (χ4n) is 4.60. The topological polar surface area (TPSA) is 70.1 Å². The number of amides is 1. The highest BCUT2D eigenvalue weighted by Crippen LogP contribution is 2.39. The van der Waals surface area contributed by atoms with Gasteiger partial charge in [0.05, 0.1) is 18.7 Å². The smallest absolute Gasteiger partial charge is 0.295 e. The molecular formula is C29H37FN2O4. The molecule has 3 rings (SSSR count). The van der Waals surface area contributed by atoms with E-state index in [2.05, 4.69) is 18.7 Å². The van der Waals surface area contributed by atoms with E-state index in [0.717, 1.165) is 45.3 Å². The molecule has 36 heavy (non-hydrogen) atoms. The number of halogens is 1. The monoisotopic (exact) mass is 496 g/mol. The number of aliphatic hydroxyl groups excluding tert-OH is 1. The lowest BCUT2D eigenvalue weighted by Gasteiger charge is -2.27. The van der Waals surface area contributed by atoms with E-state index >= 15 is 0 Å². The first-order valence-electron chi connectivity index (χ1n) is 12.8. The molecular weight excluding hydrogens is 459 g/mol. The minimum absolute atomic E-state index is 0.0235. The van der Waals surface area contributed by atoms with Crippen LogP contribution in [0.4, 0.5) is 4.39 Å². The molecule has 0 bridgehead atoms. The van der Waals surface area contributed by atoms with E-state index in [-0.39, 0.29) is 11.3 Å². The molecule has 7 heteroatoms. The van der Waals surface area contributed by atoms with Crippen LogP contribution in [-0.2, 0) is 9.59 Å². The van der Waals surface area contributed by atoms with E-state index in [1.54, 1.807) is 36.4 Å². The lowest BCUT2D eigenvalue weighted by atomic mass is 9.95. The molecule has 1 aliphatic rings. The van der Waals surface area contributed by atoms with Crippen molar-refractivity contribution in [2.24, 2.45) is 0 Å². The third-order valence-corrected chi connectivity index (χ3v) is 6.60. The maximum absolute atomic E-state index is 14.2. The van der Waals surface area contributed by atoms with Gasteiger partial charge in [-0.05, 0) is 80.9 Å². The van der Waals surface area contributed by atoms with Gasteiger partial charge in [0.1, 0.15) is 17.3 Å². The summed E-state index contributed by atoms with van der Waals surface area (Å²) in [5.41, 5.74) is 0.822. The van der Waals surface area contributed by atoms with Crippen LogP contribution in [0.3, 0.4) is 0 Å². The van der Waals surface area contributed by atoms with E-state index in [0.29, 0.717) is 29.8 Å². The Morgan fingerprint density at radius 3 is 2.22 bits per heavy atom. The molecule has 194 valence electrons. The van der Waals surface area contributed by atoms with Crippen molar-refractivity contribution < 1.29 is 23.8 Å². The van der Waals surface area contributed by atoms with Crippen molar-refractivity contribution >= 4 is 17.4 Å². The molecule has 1 heterocycles. The molecule has 1 N–H and O–H groups in total. The molecule has 1 atom stereocenters. The Hall–Kier alpha value is -3.19. The summed E-state index contributed by atoms with van der Waals surface area (Å²) in [7, 11) is 1.54. The highest BCUT2D eigenvalue weighted by Gasteiger charge is 2.45. The van der Waals surface area contributed by atoms with Crippen LogP contribution in [0.1, 0.15) is 63.1 Å². The normalized spacial score (nSPS) is 17.2. The zero-order chi connectivity index (χ0) is 26.1. The Morgan fingerprint density at radius 1 is 1.00 bits per heavy atom. The van der Waals surface area contributed by atoms with Crippen molar-refractivity contribution in [3.05, 3.63) is 71.0 Å². The summed E-state index contributed by atoms with van der Waals surface area (Å²) in [6.45, 7) is 7.47. The highest BCUT2D eigenvalue weighted by molar-refractivity contribution is 6.46. The van der Waals surface area contributed by atoms with Crippen molar-refractivity contribution in [1.29, 1.82) is 0 Å². The molecule has 1 fully saturated rings. The van der Waals surface area contributed by atoms with Gasteiger partial charge in [0.25, 0.3) is 11.7 Å². The van der Waals surface area contributed by atoms with Crippen molar-refractivity contribution in [2.45, 2.75) is 52.0 Å². The molecule has 0 radical (unpaired) electrons. The van der Waals surface area contributed by atoms with E-state index in [9.17, 15) is 19.1 Å². The average molecular weight is 497 g/mol. The minimum atomic E-state index is -0.859. The number of methoxy groups -OCH3 is 1. The molecule has 0 unspecified atom stereocenters. The van der Waals surface area contributed by atoms with Gasteiger partial charge in [-0.15, -0.1) is 0 Å². The number of hydrogen-bond acceptors (Lipinski definition) is 5. The fourth-order valence-corrected chi connectivity index (χ4v) is 4.60. The summed E-state index contributed by atoms with van der Waals surface area (Å²) in [5.74, 6) is -1.57. The number of ether oxygens (including phenoxy) is 1. The third-order valence-electron chi connectivity index (χ3n) is 6.60. The Balaban J connectivity index is 1.91. The van der Waals surface area contributed by atoms with Crippen LogP contribution >= 0.6 is 0 Å². The highest BCUT2D eigenvalue weighted by atomic mass is 19.1. The molecule has 0 spiro atoms. The van der Waals surface area contributed by atoms with Crippen LogP contribution in [0.25, 0.3) is 5.76 Å². The number of benzene rings is 2. The Kier molecular flexibility index (Phi) is 10.1. The summed E-state index contributed by atoms with van der Waals surface area (Å²) in [5, 5.41) is 11.1. The molecule has 0 aliphatic carbocycles. The number of carbonyl (C=O) groups excluding carboxylic acids is 2. The van der Waals surface area contributed by atoms with Crippen molar-refractivity contribution in [1.82, 2.24) is 9.80 Å². The van der Waals surface area contributed by atoms with Crippen LogP contribution < -0.4 is 4.74 Å². The molecule has 1 aliphatic heterocycles. The van der Waals surface area contributed by atoms with Crippen LogP contribution in [0.5, 0.6) is 5.75 Å². The third kappa shape index (κ3) is 6.52. The second kappa shape index (κ2) is 13.2. The van der Waals surface area contributed by atoms with Gasteiger partial charge in [-0.1, -0.05) is 38.8 Å². The van der Waals surface area contributed by atoms with E-state index < -0.39 is 23.5 Å². The lowest BCUT2D eigenvalue weighted by molar-refractivity contribution is -0.140. The van der Waals surface area contributed by atoms with Gasteiger partial charge in [-0.2, -0.15) is 0 Å². The van der Waals surface area contributed by atoms with Crippen molar-refractivity contribution in [3.8, 4) is 5.75 Å². The quantitative estimate of drug-likeness (QED) is 0.224. The summed E-state index contributed by atoms with van der Waals surface area (Å²) in [6, 6.07) is 11.6. The van der Waals surface area contributed by atoms with Gasteiger partial charge < -0.3 is 19.6 Å². The number of unbranched alkanes of at least 4 members (excludes halogenated alkanes) is 2. The van der Waals surface area contributed by atoms with Gasteiger partial charge in [0.15, 0.2) is 0 Å². The number of Topliss-reactive ketones (excluding diaryl/α,β-unsaturated/α-hetero) is 1. The molecule has 6 nitrogen and oxygen atoms in total. The number of hydrogen-bond donors (Lipinski definition) is 1. The van der Waals surface area contributed by atoms with Gasteiger partial charge in [-0.3, -0.25) is 9.59 Å². The SMILES string of the molecule is CCCCN(CCCC)CCCN1C(=O)C(=O)C(=C(O)c2ccc(OC)cc2)[C@H]1c1cccc(F)c1. The molecule has 2 aromatic carbocycles. The predicted molar refractivity (Wildman–Crippen MR) is 139 cm³/mol. The average Bonchev–Trinajstić information content (AvgIpc) is 3.14. The largest absolute Gasteiger partial charge is 0.507 e. The van der Waals surface area contributed by atoms with Crippen LogP contribution in [0.15, 0.2) is 54.1 Å². The Labute approximate surface area is 213 Å². The predicted octanol–water partition coefficient (Wildman–Crippen LogP) is 5.55. The van der Waals surface area contributed by atoms with Crippen LogP contribution in [-0.4, -0.2) is 59.9 Å². The minimum Gasteiger partial charge on any atom is -0.507 e. The number of ketones is 1. The number of aliphatic hydroxyl groups is 1. The van der Waals surface area contributed by atoms with Gasteiger partial charge in [0.2, 0.25) is 0 Å². The standard InChI is InChI=1S/C29H37FN2O4/c1-4-6-16-31(17-7-5-2)18-9-19-32-26(22-10-8-11-23(30)20-22)25(28(34)29(32)35)27(33)21-12-14-24(36-3)15-13-21/h8,10-15,20,26,33H,4-7,9,16-19H2,1-3H3/t26-/m1/s1. The first-order chi connectivity index (χ1) is 17.4. The Bertz CT molecular complexity index is 1060. The molecule has 1 amide bonds. The van der Waals surface area contributed by atoms with E-state index in [1.165, 1.54) is 24.1 Å². The zero-order valence-corrected chi connectivity index (χ0v) is 21.5. The van der Waals surface area contributed by atoms with Gasteiger partial charge in [-0.25, -0.2) is 4.39 Å². The van der Waals surface area contributed by atoms with Crippen molar-refractivity contribution in [2.75, 3.05) is 33.3 Å². The fraction of sp³-hybridized carbons (Fsp3) is 0.448. The van der Waals surface area contributed by atoms with E-state index in [4.69, 9.17) is 4.74 Å². The summed E-state index contributed by atoms with van der Waals surface area (Å²) < 4.78 is 19.4. The maximum atomic E-state index is 14.2. The van der Waals surface area contributed by atoms with E-state index in [1.807, 2.05) is 0 Å². The maximum Gasteiger partial charge on any atom is 0.295 e. The molecule has 0 aromatic heterocycles. The number of rotatable bonds is 13. The summed E-state index contributed by atoms with van der Waals surface area (Å²) in [6.07, 6.45) is 5.12. The lowest BCUT2D eigenvalue weighted by Crippen LogP contribution is -2.34. The first-order valence-corrected chi connectivity index (χ1v) is 12.8. The molecule has 2 aromatic rings. The second-order valence-electron chi connectivity index (χ2n) is 9.18. The first kappa shape index (κ1) is 27.4. The van der Waals surface area contributed by atoms with Crippen molar-refractivity contribution in [3.63, 3.8) is 0 Å². The van der Waals surface area contributed by atoms with Gasteiger partial charge in [0, 0.05) is 12.1 Å². The second-order valence-corrected chi connectivity index (χ2v) is 9.18. The number of carbonyl (C=O) groups is 2. The van der Waals surface area contributed by atoms with Gasteiger partial charge >= 0.3 is 0 Å². The summed E-state index contributed by atoms with van der Waals surface area (Å²) in [4.78, 5) is 30.2. The molecule has 0 saturated carbocycles. The zero-order valence-electron chi connectivity index (χ0n) is 21.5. The number of nitrogens with zero attached hydrogens (tertiary/aromatic N) is 2. The Morgan fingerprint density at radius 2 is 1.64 bits per heavy atom. The summed E-state index contributed by atoms with van der Waals surface area (Å²) >= 11 is 0. The van der Waals surface area contributed by atoms with Crippen LogP contribution in [0.2, 0.25) is 0 Å². The molecule has 1 saturated heterocycles.